The van der Waals surface area contributed by atoms with Gasteiger partial charge < -0.3 is 10.1 Å². The van der Waals surface area contributed by atoms with E-state index < -0.39 is 0 Å². The van der Waals surface area contributed by atoms with E-state index in [1.165, 1.54) is 0 Å². The third kappa shape index (κ3) is 9.83. The summed E-state index contributed by atoms with van der Waals surface area (Å²) in [5.74, 6) is 0.529. The second-order valence-electron chi connectivity index (χ2n) is 3.25. The second kappa shape index (κ2) is 8.51. The molecule has 0 atom stereocenters. The quantitative estimate of drug-likeness (QED) is 0.551. The lowest BCUT2D eigenvalue weighted by atomic mass is 10.1. The molecule has 0 radical (unpaired) electrons. The molecule has 4 heteroatoms. The van der Waals surface area contributed by atoms with E-state index in [0.717, 1.165) is 5.33 Å². The van der Waals surface area contributed by atoms with Crippen molar-refractivity contribution in [1.29, 1.82) is 0 Å². The number of carbonyl (C=O) groups is 1. The Labute approximate surface area is 88.4 Å². The third-order valence-corrected chi connectivity index (χ3v) is 1.71. The van der Waals surface area contributed by atoms with E-state index in [9.17, 15) is 4.79 Å². The van der Waals surface area contributed by atoms with Gasteiger partial charge in [-0.3, -0.25) is 4.79 Å². The predicted molar refractivity (Wildman–Crippen MR) is 57.1 cm³/mol. The first-order valence-corrected chi connectivity index (χ1v) is 5.69. The second-order valence-corrected chi connectivity index (χ2v) is 4.04. The maximum absolute atomic E-state index is 11.1. The normalized spacial score (nSPS) is 10.5. The Morgan fingerprint density at radius 3 is 2.69 bits per heavy atom. The average molecular weight is 252 g/mol. The number of halogens is 1. The molecular formula is C9H18BrNO2. The van der Waals surface area contributed by atoms with E-state index in [-0.39, 0.29) is 5.91 Å². The summed E-state index contributed by atoms with van der Waals surface area (Å²) in [6, 6.07) is 0. The molecule has 0 rings (SSSR count). The number of alkyl halides is 1. The number of hydrogen-bond donors (Lipinski definition) is 1. The zero-order chi connectivity index (χ0) is 10.1. The van der Waals surface area contributed by atoms with Crippen LogP contribution in [0.5, 0.6) is 0 Å². The molecular weight excluding hydrogens is 234 g/mol. The number of nitrogens with one attached hydrogen (secondary N) is 1. The molecule has 0 bridgehead atoms. The Kier molecular flexibility index (Phi) is 8.45. The van der Waals surface area contributed by atoms with Crippen molar-refractivity contribution in [3.63, 3.8) is 0 Å². The van der Waals surface area contributed by atoms with Gasteiger partial charge in [0.15, 0.2) is 0 Å². The van der Waals surface area contributed by atoms with E-state index in [1.807, 2.05) is 13.8 Å². The van der Waals surface area contributed by atoms with Crippen molar-refractivity contribution in [1.82, 2.24) is 5.32 Å². The molecule has 0 aliphatic rings. The predicted octanol–water partition coefficient (Wildman–Crippen LogP) is 1.56. The topological polar surface area (TPSA) is 38.3 Å². The van der Waals surface area contributed by atoms with Gasteiger partial charge in [-0.1, -0.05) is 29.8 Å². The van der Waals surface area contributed by atoms with Crippen LogP contribution in [0.15, 0.2) is 0 Å². The van der Waals surface area contributed by atoms with E-state index in [2.05, 4.69) is 21.2 Å². The molecule has 1 amide bonds. The molecule has 0 saturated heterocycles. The minimum Gasteiger partial charge on any atom is -0.379 e. The molecule has 0 aliphatic heterocycles. The molecule has 0 heterocycles. The van der Waals surface area contributed by atoms with Crippen LogP contribution in [0, 0.1) is 5.92 Å². The highest BCUT2D eigenvalue weighted by molar-refractivity contribution is 9.09. The van der Waals surface area contributed by atoms with E-state index >= 15 is 0 Å². The monoisotopic (exact) mass is 251 g/mol. The summed E-state index contributed by atoms with van der Waals surface area (Å²) < 4.78 is 5.18. The summed E-state index contributed by atoms with van der Waals surface area (Å²) in [5.41, 5.74) is 0. The summed E-state index contributed by atoms with van der Waals surface area (Å²) in [4.78, 5) is 11.1. The molecule has 13 heavy (non-hydrogen) atoms. The van der Waals surface area contributed by atoms with Crippen LogP contribution in [0.4, 0.5) is 0 Å². The van der Waals surface area contributed by atoms with Gasteiger partial charge in [-0.25, -0.2) is 0 Å². The Morgan fingerprint density at radius 2 is 2.15 bits per heavy atom. The molecule has 0 saturated carbocycles. The Balaban J connectivity index is 3.17. The fourth-order valence-electron chi connectivity index (χ4n) is 0.862. The Bertz CT molecular complexity index is 140. The molecule has 0 fully saturated rings. The minimum absolute atomic E-state index is 0.109. The zero-order valence-corrected chi connectivity index (χ0v) is 9.89. The lowest BCUT2D eigenvalue weighted by Gasteiger charge is -2.06. The lowest BCUT2D eigenvalue weighted by Crippen LogP contribution is -2.28. The standard InChI is InChI=1S/C9H18BrNO2/c1-8(2)7-9(12)11-4-6-13-5-3-10/h8H,3-7H2,1-2H3,(H,11,12). The van der Waals surface area contributed by atoms with Crippen LogP contribution in [0.3, 0.4) is 0 Å². The molecule has 0 unspecified atom stereocenters. The van der Waals surface area contributed by atoms with Gasteiger partial charge in [-0.05, 0) is 5.92 Å². The fourth-order valence-corrected chi connectivity index (χ4v) is 1.09. The number of ether oxygens (including phenoxy) is 1. The Hall–Kier alpha value is -0.0900. The largest absolute Gasteiger partial charge is 0.379 e. The summed E-state index contributed by atoms with van der Waals surface area (Å²) in [7, 11) is 0. The Morgan fingerprint density at radius 1 is 1.46 bits per heavy atom. The lowest BCUT2D eigenvalue weighted by molar-refractivity contribution is -0.122. The third-order valence-electron chi connectivity index (χ3n) is 1.38. The van der Waals surface area contributed by atoms with E-state index in [1.54, 1.807) is 0 Å². The number of rotatable bonds is 7. The summed E-state index contributed by atoms with van der Waals surface area (Å²) >= 11 is 3.25. The fraction of sp³-hybridized carbons (Fsp3) is 0.889. The van der Waals surface area contributed by atoms with Crippen LogP contribution in [0.25, 0.3) is 0 Å². The van der Waals surface area contributed by atoms with Gasteiger partial charge in [-0.2, -0.15) is 0 Å². The highest BCUT2D eigenvalue weighted by Crippen LogP contribution is 1.97. The highest BCUT2D eigenvalue weighted by atomic mass is 79.9. The molecule has 0 aromatic heterocycles. The number of carbonyl (C=O) groups excluding carboxylic acids is 1. The minimum atomic E-state index is 0.109. The maximum Gasteiger partial charge on any atom is 0.220 e. The molecule has 0 aromatic carbocycles. The molecule has 78 valence electrons. The van der Waals surface area contributed by atoms with Crippen molar-refractivity contribution in [2.24, 2.45) is 5.92 Å². The molecule has 0 spiro atoms. The zero-order valence-electron chi connectivity index (χ0n) is 8.31. The highest BCUT2D eigenvalue weighted by Gasteiger charge is 2.02. The van der Waals surface area contributed by atoms with Crippen molar-refractivity contribution < 1.29 is 9.53 Å². The first-order chi connectivity index (χ1) is 6.16. The summed E-state index contributed by atoms with van der Waals surface area (Å²) in [5, 5.41) is 3.63. The molecule has 1 N–H and O–H groups in total. The molecule has 0 aromatic rings. The van der Waals surface area contributed by atoms with Gasteiger partial charge >= 0.3 is 0 Å². The van der Waals surface area contributed by atoms with Crippen LogP contribution >= 0.6 is 15.9 Å². The van der Waals surface area contributed by atoms with Crippen molar-refractivity contribution in [2.45, 2.75) is 20.3 Å². The van der Waals surface area contributed by atoms with Crippen molar-refractivity contribution in [2.75, 3.05) is 25.1 Å². The molecule has 3 nitrogen and oxygen atoms in total. The van der Waals surface area contributed by atoms with Crippen molar-refractivity contribution >= 4 is 21.8 Å². The SMILES string of the molecule is CC(C)CC(=O)NCCOCCBr. The van der Waals surface area contributed by atoms with Gasteiger partial charge in [-0.15, -0.1) is 0 Å². The van der Waals surface area contributed by atoms with Crippen molar-refractivity contribution in [3.05, 3.63) is 0 Å². The molecule has 0 aliphatic carbocycles. The maximum atomic E-state index is 11.1. The number of hydrogen-bond acceptors (Lipinski definition) is 2. The van der Waals surface area contributed by atoms with Crippen LogP contribution < -0.4 is 5.32 Å². The van der Waals surface area contributed by atoms with Gasteiger partial charge in [0.1, 0.15) is 0 Å². The van der Waals surface area contributed by atoms with Gasteiger partial charge in [0.25, 0.3) is 0 Å². The summed E-state index contributed by atoms with van der Waals surface area (Å²) in [6.45, 7) is 5.95. The van der Waals surface area contributed by atoms with Gasteiger partial charge in [0.05, 0.1) is 13.2 Å². The average Bonchev–Trinajstić information content (AvgIpc) is 2.02. The summed E-state index contributed by atoms with van der Waals surface area (Å²) in [6.07, 6.45) is 0.596. The van der Waals surface area contributed by atoms with Crippen LogP contribution in [0.1, 0.15) is 20.3 Å². The van der Waals surface area contributed by atoms with Crippen molar-refractivity contribution in [3.8, 4) is 0 Å². The van der Waals surface area contributed by atoms with Crippen LogP contribution in [0.2, 0.25) is 0 Å². The van der Waals surface area contributed by atoms with E-state index in [4.69, 9.17) is 4.74 Å². The first kappa shape index (κ1) is 12.9. The smallest absolute Gasteiger partial charge is 0.220 e. The first-order valence-electron chi connectivity index (χ1n) is 4.57. The van der Waals surface area contributed by atoms with Crippen LogP contribution in [-0.4, -0.2) is 31.0 Å². The van der Waals surface area contributed by atoms with Gasteiger partial charge in [0, 0.05) is 18.3 Å². The van der Waals surface area contributed by atoms with Crippen LogP contribution in [-0.2, 0) is 9.53 Å². The van der Waals surface area contributed by atoms with E-state index in [0.29, 0.717) is 32.1 Å². The number of amides is 1. The van der Waals surface area contributed by atoms with Gasteiger partial charge in [0.2, 0.25) is 5.91 Å².